The summed E-state index contributed by atoms with van der Waals surface area (Å²) < 4.78 is 37.9. The molecule has 1 aliphatic heterocycles. The molecule has 136 valence electrons. The van der Waals surface area contributed by atoms with Crippen molar-refractivity contribution >= 4 is 37.4 Å². The molecule has 0 saturated carbocycles. The summed E-state index contributed by atoms with van der Waals surface area (Å²) in [5, 5.41) is 0.877. The van der Waals surface area contributed by atoms with E-state index in [2.05, 4.69) is 0 Å². The molecule has 2 aromatic rings. The van der Waals surface area contributed by atoms with Gasteiger partial charge in [0.05, 0.1) is 29.9 Å². The predicted octanol–water partition coefficient (Wildman–Crippen LogP) is 1.35. The van der Waals surface area contributed by atoms with Crippen molar-refractivity contribution in [2.75, 3.05) is 39.2 Å². The molecule has 0 radical (unpaired) electrons. The van der Waals surface area contributed by atoms with Gasteiger partial charge in [0, 0.05) is 30.5 Å². The third-order valence-corrected chi connectivity index (χ3v) is 7.15. The van der Waals surface area contributed by atoms with Gasteiger partial charge in [-0.05, 0) is 11.5 Å². The number of methoxy groups -OCH3 is 1. The van der Waals surface area contributed by atoms with Crippen LogP contribution in [0.5, 0.6) is 0 Å². The van der Waals surface area contributed by atoms with Crippen molar-refractivity contribution < 1.29 is 22.7 Å². The number of thiophene rings is 1. The molecule has 7 nitrogen and oxygen atoms in total. The first-order valence-corrected chi connectivity index (χ1v) is 10.3. The lowest BCUT2D eigenvalue weighted by atomic mass is 10.0. The standard InChI is InChI=1S/C16H20N2O5S2/c1-22-8-9-25(20,21)18-6-7-23-12(10-18)14-11-4-2-3-5-13(11)24-15(14)16(17)19/h2-5,12H,6-10H2,1H3,(H2,17,19)/t12-/m0/s1. The number of primary amides is 1. The molecule has 9 heteroatoms. The second-order valence-electron chi connectivity index (χ2n) is 5.73. The van der Waals surface area contributed by atoms with Gasteiger partial charge >= 0.3 is 0 Å². The van der Waals surface area contributed by atoms with Crippen LogP contribution in [0.15, 0.2) is 24.3 Å². The van der Waals surface area contributed by atoms with Crippen molar-refractivity contribution in [1.82, 2.24) is 4.31 Å². The molecule has 3 rings (SSSR count). The molecule has 1 aromatic heterocycles. The fourth-order valence-corrected chi connectivity index (χ4v) is 5.40. The number of carbonyl (C=O) groups is 1. The maximum Gasteiger partial charge on any atom is 0.259 e. The van der Waals surface area contributed by atoms with Crippen LogP contribution in [0.2, 0.25) is 0 Å². The fraction of sp³-hybridized carbons (Fsp3) is 0.438. The second-order valence-corrected chi connectivity index (χ2v) is 8.87. The van der Waals surface area contributed by atoms with E-state index in [9.17, 15) is 13.2 Å². The van der Waals surface area contributed by atoms with E-state index in [-0.39, 0.29) is 32.1 Å². The highest BCUT2D eigenvalue weighted by Gasteiger charge is 2.33. The first kappa shape index (κ1) is 18.3. The van der Waals surface area contributed by atoms with Crippen LogP contribution in [-0.2, 0) is 19.5 Å². The fourth-order valence-electron chi connectivity index (χ4n) is 2.94. The number of carbonyl (C=O) groups excluding carboxylic acids is 1. The van der Waals surface area contributed by atoms with E-state index in [1.54, 1.807) is 0 Å². The van der Waals surface area contributed by atoms with E-state index < -0.39 is 22.0 Å². The minimum atomic E-state index is -3.44. The van der Waals surface area contributed by atoms with Crippen LogP contribution in [0.25, 0.3) is 10.1 Å². The number of benzene rings is 1. The van der Waals surface area contributed by atoms with Crippen molar-refractivity contribution in [2.45, 2.75) is 6.10 Å². The zero-order chi connectivity index (χ0) is 18.0. The third kappa shape index (κ3) is 3.70. The van der Waals surface area contributed by atoms with E-state index in [1.807, 2.05) is 24.3 Å². The molecular formula is C16H20N2O5S2. The van der Waals surface area contributed by atoms with Gasteiger partial charge < -0.3 is 15.2 Å². The van der Waals surface area contributed by atoms with Crippen LogP contribution in [-0.4, -0.2) is 57.8 Å². The molecule has 2 N–H and O–H groups in total. The summed E-state index contributed by atoms with van der Waals surface area (Å²) in [7, 11) is -1.97. The van der Waals surface area contributed by atoms with Gasteiger partial charge in [-0.25, -0.2) is 8.42 Å². The third-order valence-electron chi connectivity index (χ3n) is 4.15. The van der Waals surface area contributed by atoms with Crippen LogP contribution in [0.1, 0.15) is 21.3 Å². The van der Waals surface area contributed by atoms with Crippen molar-refractivity contribution in [1.29, 1.82) is 0 Å². The van der Waals surface area contributed by atoms with Crippen molar-refractivity contribution in [3.05, 3.63) is 34.7 Å². The van der Waals surface area contributed by atoms with Crippen molar-refractivity contribution in [3.8, 4) is 0 Å². The Morgan fingerprint density at radius 2 is 2.20 bits per heavy atom. The number of fused-ring (bicyclic) bond motifs is 1. The lowest BCUT2D eigenvalue weighted by Gasteiger charge is -2.32. The minimum absolute atomic E-state index is 0.0801. The Balaban J connectivity index is 1.95. The molecular weight excluding hydrogens is 364 g/mol. The molecule has 0 bridgehead atoms. The first-order valence-electron chi connectivity index (χ1n) is 7.83. The molecule has 1 amide bonds. The summed E-state index contributed by atoms with van der Waals surface area (Å²) in [6.45, 7) is 0.848. The highest BCUT2D eigenvalue weighted by atomic mass is 32.2. The Labute approximate surface area is 150 Å². The molecule has 0 unspecified atom stereocenters. The Hall–Kier alpha value is -1.52. The van der Waals surface area contributed by atoms with Gasteiger partial charge in [-0.3, -0.25) is 4.79 Å². The molecule has 25 heavy (non-hydrogen) atoms. The molecule has 1 atom stereocenters. The molecule has 2 heterocycles. The second kappa shape index (κ2) is 7.38. The largest absolute Gasteiger partial charge is 0.384 e. The molecule has 0 aliphatic carbocycles. The number of rotatable bonds is 6. The normalized spacial score (nSPS) is 19.3. The lowest BCUT2D eigenvalue weighted by Crippen LogP contribution is -2.44. The average molecular weight is 384 g/mol. The SMILES string of the molecule is COCCS(=O)(=O)N1CCO[C@H](c2c(C(N)=O)sc3ccccc23)C1. The predicted molar refractivity (Wildman–Crippen MR) is 96.3 cm³/mol. The van der Waals surface area contributed by atoms with Gasteiger partial charge in [-0.1, -0.05) is 18.2 Å². The van der Waals surface area contributed by atoms with Crippen molar-refractivity contribution in [2.24, 2.45) is 5.73 Å². The maximum atomic E-state index is 12.4. The summed E-state index contributed by atoms with van der Waals surface area (Å²) in [4.78, 5) is 12.3. The van der Waals surface area contributed by atoms with Gasteiger partial charge in [0.25, 0.3) is 5.91 Å². The van der Waals surface area contributed by atoms with E-state index in [0.717, 1.165) is 10.1 Å². The molecule has 1 aliphatic rings. The van der Waals surface area contributed by atoms with Gasteiger partial charge in [0.1, 0.15) is 0 Å². The summed E-state index contributed by atoms with van der Waals surface area (Å²) >= 11 is 1.31. The number of hydrogen-bond acceptors (Lipinski definition) is 6. The maximum absolute atomic E-state index is 12.4. The number of nitrogens with two attached hydrogens (primary N) is 1. The molecule has 1 fully saturated rings. The molecule has 1 saturated heterocycles. The Morgan fingerprint density at radius 1 is 1.44 bits per heavy atom. The molecule has 0 spiro atoms. The number of amides is 1. The van der Waals surface area contributed by atoms with Gasteiger partial charge in [-0.15, -0.1) is 11.3 Å². The minimum Gasteiger partial charge on any atom is -0.384 e. The summed E-state index contributed by atoms with van der Waals surface area (Å²) in [5.74, 6) is -0.609. The highest BCUT2D eigenvalue weighted by molar-refractivity contribution is 7.89. The van der Waals surface area contributed by atoms with Crippen LogP contribution in [0, 0.1) is 0 Å². The summed E-state index contributed by atoms with van der Waals surface area (Å²) in [6.07, 6.45) is -0.523. The Morgan fingerprint density at radius 3 is 2.92 bits per heavy atom. The van der Waals surface area contributed by atoms with Gasteiger partial charge in [-0.2, -0.15) is 4.31 Å². The van der Waals surface area contributed by atoms with Gasteiger partial charge in [0.15, 0.2) is 0 Å². The van der Waals surface area contributed by atoms with Crippen LogP contribution < -0.4 is 5.73 Å². The number of sulfonamides is 1. The molecule has 1 aromatic carbocycles. The lowest BCUT2D eigenvalue weighted by molar-refractivity contribution is -0.00202. The number of hydrogen-bond donors (Lipinski definition) is 1. The summed E-state index contributed by atoms with van der Waals surface area (Å²) in [5.41, 5.74) is 6.22. The zero-order valence-corrected chi connectivity index (χ0v) is 15.4. The average Bonchev–Trinajstić information content (AvgIpc) is 3.00. The summed E-state index contributed by atoms with van der Waals surface area (Å²) in [6, 6.07) is 7.57. The first-order chi connectivity index (χ1) is 11.9. The van der Waals surface area contributed by atoms with E-state index in [4.69, 9.17) is 15.2 Å². The van der Waals surface area contributed by atoms with Crippen LogP contribution in [0.3, 0.4) is 0 Å². The van der Waals surface area contributed by atoms with E-state index >= 15 is 0 Å². The smallest absolute Gasteiger partial charge is 0.259 e. The topological polar surface area (TPSA) is 98.9 Å². The van der Waals surface area contributed by atoms with Crippen LogP contribution in [0.4, 0.5) is 0 Å². The monoisotopic (exact) mass is 384 g/mol. The van der Waals surface area contributed by atoms with Crippen molar-refractivity contribution in [3.63, 3.8) is 0 Å². The Kier molecular flexibility index (Phi) is 5.40. The number of nitrogens with zero attached hydrogens (tertiary/aromatic N) is 1. The Bertz CT molecular complexity index is 878. The van der Waals surface area contributed by atoms with Crippen LogP contribution >= 0.6 is 11.3 Å². The van der Waals surface area contributed by atoms with E-state index in [0.29, 0.717) is 10.4 Å². The number of ether oxygens (including phenoxy) is 2. The number of morpholine rings is 1. The highest BCUT2D eigenvalue weighted by Crippen LogP contribution is 2.38. The van der Waals surface area contributed by atoms with E-state index in [1.165, 1.54) is 22.8 Å². The zero-order valence-electron chi connectivity index (χ0n) is 13.8. The van der Waals surface area contributed by atoms with Gasteiger partial charge in [0.2, 0.25) is 10.0 Å². The quantitative estimate of drug-likeness (QED) is 0.810.